The minimum atomic E-state index is -0.800. The zero-order chi connectivity index (χ0) is 59.1. The van der Waals surface area contributed by atoms with Crippen LogP contribution in [0, 0.1) is 0 Å². The quantitative estimate of drug-likeness (QED) is 0.0373. The first-order valence-corrected chi connectivity index (χ1v) is 32.6. The van der Waals surface area contributed by atoms with Gasteiger partial charge in [-0.15, -0.1) is 0 Å². The lowest BCUT2D eigenvalue weighted by molar-refractivity contribution is -0.161. The first-order chi connectivity index (χ1) is 40.6. The Morgan fingerprint density at radius 2 is 0.488 bits per heavy atom. The largest absolute Gasteiger partial charge is 0.462 e. The molecule has 0 radical (unpaired) electrons. The van der Waals surface area contributed by atoms with Gasteiger partial charge in [-0.2, -0.15) is 0 Å². The van der Waals surface area contributed by atoms with E-state index in [-0.39, 0.29) is 25.2 Å². The van der Waals surface area contributed by atoms with Gasteiger partial charge in [0.2, 0.25) is 0 Å². The number of aliphatic hydroxyl groups is 1. The fourth-order valence-electron chi connectivity index (χ4n) is 8.27. The molecule has 82 heavy (non-hydrogen) atoms. The smallest absolute Gasteiger partial charge is 0.306 e. The molecule has 0 amide bonds. The van der Waals surface area contributed by atoms with Crippen molar-refractivity contribution in [2.24, 2.45) is 0 Å². The van der Waals surface area contributed by atoms with Crippen LogP contribution in [0.4, 0.5) is 0 Å². The molecular formula is C77H118O5. The van der Waals surface area contributed by atoms with E-state index in [2.05, 4.69) is 220 Å². The third-order valence-corrected chi connectivity index (χ3v) is 13.1. The molecule has 1 unspecified atom stereocenters. The van der Waals surface area contributed by atoms with Gasteiger partial charge in [0.1, 0.15) is 6.61 Å². The number of rotatable bonds is 57. The SMILES string of the molecule is CC/C=C\C/C=C\C/C=C\C/C=C\C/C=C\C/C=C\C/C=C\C/C=C\C/C=C\C/C=C\CCCCCCCCCCCCC(=O)OC(CO)COC(=O)CCCCCCC/C=C\C/C=C\C/C=C\C/C=C\C/C=C\C/C=C\C/C=C\CC. The number of hydrogen-bond acceptors (Lipinski definition) is 5. The summed E-state index contributed by atoms with van der Waals surface area (Å²) < 4.78 is 10.7. The minimum absolute atomic E-state index is 0.0912. The zero-order valence-electron chi connectivity index (χ0n) is 52.2. The number of esters is 2. The van der Waals surface area contributed by atoms with Crippen LogP contribution in [0.2, 0.25) is 0 Å². The molecule has 0 aromatic carbocycles. The Hall–Kier alpha value is -5.52. The van der Waals surface area contributed by atoms with Crippen LogP contribution >= 0.6 is 0 Å². The number of carbonyl (C=O) groups is 2. The van der Waals surface area contributed by atoms with Crippen LogP contribution in [-0.4, -0.2) is 36.4 Å². The van der Waals surface area contributed by atoms with Crippen LogP contribution in [0.1, 0.15) is 245 Å². The first-order valence-electron chi connectivity index (χ1n) is 32.6. The molecule has 0 aliphatic carbocycles. The van der Waals surface area contributed by atoms with Crippen LogP contribution in [0.3, 0.4) is 0 Å². The molecule has 5 heteroatoms. The van der Waals surface area contributed by atoms with Gasteiger partial charge in [-0.05, 0) is 148 Å². The monoisotopic (exact) mass is 1120 g/mol. The molecule has 0 aromatic heterocycles. The molecule has 0 aromatic rings. The summed E-state index contributed by atoms with van der Waals surface area (Å²) in [4.78, 5) is 24.6. The third-order valence-electron chi connectivity index (χ3n) is 13.1. The van der Waals surface area contributed by atoms with E-state index in [9.17, 15) is 14.7 Å². The molecule has 5 nitrogen and oxygen atoms in total. The third kappa shape index (κ3) is 67.0. The first kappa shape index (κ1) is 76.5. The van der Waals surface area contributed by atoms with Crippen LogP contribution < -0.4 is 0 Å². The summed E-state index contributed by atoms with van der Waals surface area (Å²) in [5.41, 5.74) is 0. The van der Waals surface area contributed by atoms with E-state index >= 15 is 0 Å². The van der Waals surface area contributed by atoms with Crippen molar-refractivity contribution >= 4 is 11.9 Å². The van der Waals surface area contributed by atoms with Gasteiger partial charge in [0, 0.05) is 12.8 Å². The topological polar surface area (TPSA) is 72.8 Å². The molecule has 456 valence electrons. The van der Waals surface area contributed by atoms with E-state index in [1.807, 2.05) is 0 Å². The predicted molar refractivity (Wildman–Crippen MR) is 361 cm³/mol. The predicted octanol–water partition coefficient (Wildman–Crippen LogP) is 23.0. The number of unbranched alkanes of at least 4 members (excludes halogenated alkanes) is 15. The number of ether oxygens (including phenoxy) is 2. The highest BCUT2D eigenvalue weighted by Crippen LogP contribution is 2.14. The fraction of sp³-hybridized carbons (Fsp3) is 0.532. The van der Waals surface area contributed by atoms with E-state index < -0.39 is 6.10 Å². The zero-order valence-corrected chi connectivity index (χ0v) is 52.2. The Morgan fingerprint density at radius 1 is 0.280 bits per heavy atom. The maximum atomic E-state index is 12.4. The van der Waals surface area contributed by atoms with Gasteiger partial charge in [0.15, 0.2) is 6.10 Å². The molecule has 0 fully saturated rings. The average molecular weight is 1120 g/mol. The van der Waals surface area contributed by atoms with E-state index in [1.165, 1.54) is 51.4 Å². The second kappa shape index (κ2) is 69.7. The number of aliphatic hydroxyl groups excluding tert-OH is 1. The Labute approximate surface area is 504 Å². The van der Waals surface area contributed by atoms with E-state index in [4.69, 9.17) is 9.47 Å². The van der Waals surface area contributed by atoms with Gasteiger partial charge in [0.05, 0.1) is 6.61 Å². The maximum Gasteiger partial charge on any atom is 0.306 e. The Kier molecular flexibility index (Phi) is 65.1. The summed E-state index contributed by atoms with van der Waals surface area (Å²) in [5, 5.41) is 9.69. The lowest BCUT2D eigenvalue weighted by Gasteiger charge is -2.15. The van der Waals surface area contributed by atoms with Crippen LogP contribution in [0.25, 0.3) is 0 Å². The standard InChI is InChI=1S/C77H118O5/c1-3-5-7-9-11-13-15-17-19-21-23-25-27-29-31-32-33-34-35-36-37-38-39-40-41-42-43-44-46-48-50-52-54-56-58-60-62-64-66-68-70-72-77(80)82-75(73-78)74-81-76(79)71-69-67-65-63-61-59-57-55-53-51-49-47-45-30-28-26-24-22-20-18-16-14-12-10-8-6-4-2/h5-8,11-14,17-20,23-26,29-31,33-34,36-37,39-40,42-43,45-46,48-49,51,55,57,75,78H,3-4,9-10,15-16,21-22,27-28,32,35,38,41,44,47,50,52-54,56,58-74H2,1-2H3/b7-5-,8-6-,13-11-,14-12-,19-17-,20-18-,25-23-,26-24-,31-29-,34-33-,37-36-,40-39-,43-42-,45-30-,48-46-,51-49-,57-55-. The van der Waals surface area contributed by atoms with Crippen LogP contribution in [0.15, 0.2) is 207 Å². The Balaban J connectivity index is 3.63. The van der Waals surface area contributed by atoms with Crippen molar-refractivity contribution in [2.75, 3.05) is 13.2 Å². The second-order valence-electron chi connectivity index (χ2n) is 20.7. The van der Waals surface area contributed by atoms with E-state index in [0.717, 1.165) is 167 Å². The van der Waals surface area contributed by atoms with Crippen molar-refractivity contribution < 1.29 is 24.2 Å². The molecule has 0 bridgehead atoms. The van der Waals surface area contributed by atoms with Gasteiger partial charge in [-0.25, -0.2) is 0 Å². The minimum Gasteiger partial charge on any atom is -0.462 e. The molecule has 0 aliphatic rings. The van der Waals surface area contributed by atoms with Crippen molar-refractivity contribution in [3.05, 3.63) is 207 Å². The van der Waals surface area contributed by atoms with Gasteiger partial charge >= 0.3 is 11.9 Å². The highest BCUT2D eigenvalue weighted by molar-refractivity contribution is 5.70. The Morgan fingerprint density at radius 3 is 0.732 bits per heavy atom. The number of hydrogen-bond donors (Lipinski definition) is 1. The normalized spacial score (nSPS) is 13.6. The van der Waals surface area contributed by atoms with Gasteiger partial charge in [0.25, 0.3) is 0 Å². The van der Waals surface area contributed by atoms with E-state index in [1.54, 1.807) is 0 Å². The molecule has 1 N–H and O–H groups in total. The van der Waals surface area contributed by atoms with Crippen molar-refractivity contribution in [3.63, 3.8) is 0 Å². The van der Waals surface area contributed by atoms with Crippen molar-refractivity contribution in [1.29, 1.82) is 0 Å². The summed E-state index contributed by atoms with van der Waals surface area (Å²) in [6.07, 6.45) is 112. The molecule has 0 aliphatic heterocycles. The van der Waals surface area contributed by atoms with Crippen molar-refractivity contribution in [2.45, 2.75) is 251 Å². The fourth-order valence-corrected chi connectivity index (χ4v) is 8.27. The lowest BCUT2D eigenvalue weighted by atomic mass is 10.0. The highest BCUT2D eigenvalue weighted by Gasteiger charge is 2.16. The van der Waals surface area contributed by atoms with Gasteiger partial charge in [-0.1, -0.05) is 291 Å². The molecule has 0 saturated heterocycles. The van der Waals surface area contributed by atoms with Crippen molar-refractivity contribution in [3.8, 4) is 0 Å². The number of allylic oxidation sites excluding steroid dienone is 34. The van der Waals surface area contributed by atoms with Gasteiger partial charge < -0.3 is 14.6 Å². The molecule has 0 spiro atoms. The summed E-state index contributed by atoms with van der Waals surface area (Å²) in [7, 11) is 0. The molecule has 1 atom stereocenters. The average Bonchev–Trinajstić information content (AvgIpc) is 3.49. The number of carbonyl (C=O) groups excluding carboxylic acids is 2. The highest BCUT2D eigenvalue weighted by atomic mass is 16.6. The maximum absolute atomic E-state index is 12.4. The molecule has 0 saturated carbocycles. The van der Waals surface area contributed by atoms with Crippen molar-refractivity contribution in [1.82, 2.24) is 0 Å². The molecule has 0 rings (SSSR count). The second-order valence-corrected chi connectivity index (χ2v) is 20.7. The van der Waals surface area contributed by atoms with E-state index in [0.29, 0.717) is 12.8 Å². The van der Waals surface area contributed by atoms with Gasteiger partial charge in [-0.3, -0.25) is 9.59 Å². The summed E-state index contributed by atoms with van der Waals surface area (Å²) in [6, 6.07) is 0. The molecule has 0 heterocycles. The molecular weight excluding hydrogens is 1000 g/mol. The lowest BCUT2D eigenvalue weighted by Crippen LogP contribution is -2.28. The summed E-state index contributed by atoms with van der Waals surface area (Å²) in [5.74, 6) is -0.632. The summed E-state index contributed by atoms with van der Waals surface area (Å²) >= 11 is 0. The van der Waals surface area contributed by atoms with Crippen LogP contribution in [0.5, 0.6) is 0 Å². The summed E-state index contributed by atoms with van der Waals surface area (Å²) in [6.45, 7) is 3.88. The van der Waals surface area contributed by atoms with Crippen LogP contribution in [-0.2, 0) is 19.1 Å². The Bertz CT molecular complexity index is 1950.